The van der Waals surface area contributed by atoms with E-state index in [1.54, 1.807) is 12.4 Å². The number of rotatable bonds is 0. The minimum atomic E-state index is 0. The second-order valence-electron chi connectivity index (χ2n) is 1.21. The summed E-state index contributed by atoms with van der Waals surface area (Å²) in [5, 5.41) is 0. The maximum absolute atomic E-state index is 4.02. The molecule has 1 heterocycles. The molecule has 0 aliphatic carbocycles. The van der Waals surface area contributed by atoms with E-state index in [4.69, 9.17) is 0 Å². The van der Waals surface area contributed by atoms with Crippen molar-refractivity contribution in [2.45, 2.75) is 4.90 Å². The number of thiol groups is 1. The standard InChI is InChI=1S/C5H5NS.Na/c7-5-2-1-3-6-4-5;/h1-4,7H;/q;+1. The summed E-state index contributed by atoms with van der Waals surface area (Å²) in [6.07, 6.45) is 3.42. The zero-order valence-electron chi connectivity index (χ0n) is 4.70. The number of nitrogens with zero attached hydrogens (tertiary/aromatic N) is 1. The minimum absolute atomic E-state index is 0. The number of hydrogen-bond acceptors (Lipinski definition) is 2. The molecular formula is C5H5NNaS+. The maximum Gasteiger partial charge on any atom is 1.00 e. The third-order valence-electron chi connectivity index (χ3n) is 0.646. The molecular weight excluding hydrogens is 129 g/mol. The van der Waals surface area contributed by atoms with Gasteiger partial charge in [-0.2, -0.15) is 0 Å². The van der Waals surface area contributed by atoms with Crippen molar-refractivity contribution in [3.05, 3.63) is 24.5 Å². The predicted molar refractivity (Wildman–Crippen MR) is 31.5 cm³/mol. The van der Waals surface area contributed by atoms with Crippen LogP contribution < -0.4 is 29.6 Å². The average Bonchev–Trinajstić information content (AvgIpc) is 1.69. The largest absolute Gasteiger partial charge is 1.00 e. The molecule has 3 heteroatoms. The van der Waals surface area contributed by atoms with Crippen LogP contribution in [0.4, 0.5) is 0 Å². The second kappa shape index (κ2) is 4.39. The number of pyridine rings is 1. The van der Waals surface area contributed by atoms with Gasteiger partial charge in [-0.05, 0) is 12.1 Å². The van der Waals surface area contributed by atoms with Gasteiger partial charge in [0.15, 0.2) is 0 Å². The van der Waals surface area contributed by atoms with Gasteiger partial charge in [-0.3, -0.25) is 4.98 Å². The zero-order chi connectivity index (χ0) is 5.11. The van der Waals surface area contributed by atoms with E-state index in [0.29, 0.717) is 0 Å². The molecule has 0 amide bonds. The second-order valence-corrected chi connectivity index (χ2v) is 1.73. The molecule has 0 radical (unpaired) electrons. The summed E-state index contributed by atoms with van der Waals surface area (Å²) in [6, 6.07) is 3.73. The molecule has 0 fully saturated rings. The molecule has 0 saturated carbocycles. The van der Waals surface area contributed by atoms with Gasteiger partial charge in [0.05, 0.1) is 0 Å². The van der Waals surface area contributed by atoms with E-state index in [2.05, 4.69) is 17.6 Å². The van der Waals surface area contributed by atoms with Crippen molar-refractivity contribution in [1.82, 2.24) is 4.98 Å². The Morgan fingerprint density at radius 3 is 2.50 bits per heavy atom. The van der Waals surface area contributed by atoms with Crippen LogP contribution >= 0.6 is 12.6 Å². The fourth-order valence-corrected chi connectivity index (χ4v) is 0.506. The topological polar surface area (TPSA) is 12.9 Å². The van der Waals surface area contributed by atoms with E-state index in [-0.39, 0.29) is 29.6 Å². The Hall–Kier alpha value is 0.500. The monoisotopic (exact) mass is 134 g/mol. The molecule has 0 aliphatic heterocycles. The van der Waals surface area contributed by atoms with Crippen LogP contribution in [0.5, 0.6) is 0 Å². The summed E-state index contributed by atoms with van der Waals surface area (Å²) in [6.45, 7) is 0. The first-order valence-electron chi connectivity index (χ1n) is 1.98. The van der Waals surface area contributed by atoms with Crippen molar-refractivity contribution in [3.63, 3.8) is 0 Å². The van der Waals surface area contributed by atoms with Crippen LogP contribution in [0.2, 0.25) is 0 Å². The van der Waals surface area contributed by atoms with Gasteiger partial charge < -0.3 is 0 Å². The summed E-state index contributed by atoms with van der Waals surface area (Å²) in [5.74, 6) is 0. The van der Waals surface area contributed by atoms with Gasteiger partial charge in [0, 0.05) is 17.3 Å². The Kier molecular flexibility index (Phi) is 4.66. The summed E-state index contributed by atoms with van der Waals surface area (Å²) < 4.78 is 0. The Morgan fingerprint density at radius 2 is 2.25 bits per heavy atom. The van der Waals surface area contributed by atoms with Crippen LogP contribution in [0.25, 0.3) is 0 Å². The van der Waals surface area contributed by atoms with Crippen molar-refractivity contribution in [2.75, 3.05) is 0 Å². The van der Waals surface area contributed by atoms with E-state index in [1.807, 2.05) is 12.1 Å². The molecule has 1 aromatic rings. The quantitative estimate of drug-likeness (QED) is 0.332. The fourth-order valence-electron chi connectivity index (χ4n) is 0.354. The zero-order valence-corrected chi connectivity index (χ0v) is 7.60. The van der Waals surface area contributed by atoms with Crippen molar-refractivity contribution in [3.8, 4) is 0 Å². The van der Waals surface area contributed by atoms with Crippen LogP contribution in [0, 0.1) is 0 Å². The average molecular weight is 134 g/mol. The molecule has 1 nitrogen and oxygen atoms in total. The third-order valence-corrected chi connectivity index (χ3v) is 0.910. The Labute approximate surface area is 76.2 Å². The third kappa shape index (κ3) is 2.72. The van der Waals surface area contributed by atoms with Crippen LogP contribution in [-0.4, -0.2) is 4.98 Å². The molecule has 8 heavy (non-hydrogen) atoms. The number of hydrogen-bond donors (Lipinski definition) is 1. The van der Waals surface area contributed by atoms with E-state index >= 15 is 0 Å². The van der Waals surface area contributed by atoms with E-state index in [0.717, 1.165) is 4.90 Å². The van der Waals surface area contributed by atoms with Gasteiger partial charge >= 0.3 is 29.6 Å². The first-order chi connectivity index (χ1) is 3.39. The van der Waals surface area contributed by atoms with Crippen LogP contribution in [-0.2, 0) is 0 Å². The van der Waals surface area contributed by atoms with Crippen molar-refractivity contribution in [1.29, 1.82) is 0 Å². The first kappa shape index (κ1) is 8.50. The van der Waals surface area contributed by atoms with Crippen LogP contribution in [0.3, 0.4) is 0 Å². The van der Waals surface area contributed by atoms with E-state index in [1.165, 1.54) is 0 Å². The van der Waals surface area contributed by atoms with Gasteiger partial charge in [0.25, 0.3) is 0 Å². The Morgan fingerprint density at radius 1 is 1.50 bits per heavy atom. The SMILES string of the molecule is Sc1cccnc1.[Na+]. The normalized spacial score (nSPS) is 7.62. The van der Waals surface area contributed by atoms with Gasteiger partial charge in [0.2, 0.25) is 0 Å². The smallest absolute Gasteiger partial charge is 0.264 e. The Balaban J connectivity index is 0.000000490. The summed E-state index contributed by atoms with van der Waals surface area (Å²) >= 11 is 4.02. The minimum Gasteiger partial charge on any atom is -0.264 e. The summed E-state index contributed by atoms with van der Waals surface area (Å²) in [5.41, 5.74) is 0. The molecule has 0 spiro atoms. The van der Waals surface area contributed by atoms with Crippen LogP contribution in [0.1, 0.15) is 0 Å². The molecule has 0 saturated heterocycles. The van der Waals surface area contributed by atoms with Gasteiger partial charge in [-0.1, -0.05) is 0 Å². The molecule has 0 unspecified atom stereocenters. The predicted octanol–water partition coefficient (Wildman–Crippen LogP) is -1.63. The molecule has 1 rings (SSSR count). The molecule has 0 bridgehead atoms. The molecule has 1 aromatic heterocycles. The van der Waals surface area contributed by atoms with E-state index < -0.39 is 0 Å². The first-order valence-corrected chi connectivity index (χ1v) is 2.43. The van der Waals surface area contributed by atoms with Crippen molar-refractivity contribution in [2.24, 2.45) is 0 Å². The molecule has 0 N–H and O–H groups in total. The van der Waals surface area contributed by atoms with Gasteiger partial charge in [0.1, 0.15) is 0 Å². The summed E-state index contributed by atoms with van der Waals surface area (Å²) in [4.78, 5) is 4.71. The van der Waals surface area contributed by atoms with Gasteiger partial charge in [-0.25, -0.2) is 0 Å². The molecule has 0 atom stereocenters. The van der Waals surface area contributed by atoms with Gasteiger partial charge in [-0.15, -0.1) is 12.6 Å². The van der Waals surface area contributed by atoms with Crippen LogP contribution in [0.15, 0.2) is 29.4 Å². The summed E-state index contributed by atoms with van der Waals surface area (Å²) in [7, 11) is 0. The fraction of sp³-hybridized carbons (Fsp3) is 0. The maximum atomic E-state index is 4.02. The number of aromatic nitrogens is 1. The van der Waals surface area contributed by atoms with E-state index in [9.17, 15) is 0 Å². The van der Waals surface area contributed by atoms with Crippen molar-refractivity contribution >= 4 is 12.6 Å². The van der Waals surface area contributed by atoms with Crippen molar-refractivity contribution < 1.29 is 29.6 Å². The Bertz CT molecular complexity index is 142. The molecule has 0 aliphatic rings. The molecule has 0 aromatic carbocycles. The molecule has 36 valence electrons.